The quantitative estimate of drug-likeness (QED) is 0.537. The number of carbonyl (C=O) groups is 2. The van der Waals surface area contributed by atoms with Crippen molar-refractivity contribution < 1.29 is 9.59 Å². The first-order valence-electron chi connectivity index (χ1n) is 8.55. The van der Waals surface area contributed by atoms with Gasteiger partial charge in [-0.15, -0.1) is 5.10 Å². The average molecular weight is 383 g/mol. The smallest absolute Gasteiger partial charge is 0.253 e. The second kappa shape index (κ2) is 7.48. The molecule has 3 rings (SSSR count). The number of amides is 1. The maximum absolute atomic E-state index is 12.5. The summed E-state index contributed by atoms with van der Waals surface area (Å²) in [4.78, 5) is 32.8. The zero-order valence-corrected chi connectivity index (χ0v) is 16.7. The number of benzene rings is 1. The molecule has 0 saturated heterocycles. The third-order valence-corrected chi connectivity index (χ3v) is 5.38. The minimum atomic E-state index is -0.411. The molecule has 7 nitrogen and oxygen atoms in total. The van der Waals surface area contributed by atoms with Crippen molar-refractivity contribution in [2.24, 2.45) is 0 Å². The summed E-state index contributed by atoms with van der Waals surface area (Å²) in [6.45, 7) is 9.19. The molecule has 8 heteroatoms. The fourth-order valence-corrected chi connectivity index (χ4v) is 3.30. The number of nitrogens with one attached hydrogen (secondary N) is 1. The number of hydrogen-bond donors (Lipinski definition) is 1. The Bertz CT molecular complexity index is 1040. The second-order valence-corrected chi connectivity index (χ2v) is 7.71. The third-order valence-electron chi connectivity index (χ3n) is 4.43. The molecule has 0 fully saturated rings. The molecule has 2 aromatic heterocycles. The Kier molecular flexibility index (Phi) is 5.27. The molecule has 2 heterocycles. The Morgan fingerprint density at radius 2 is 1.93 bits per heavy atom. The van der Waals surface area contributed by atoms with Crippen LogP contribution in [0.5, 0.6) is 0 Å². The minimum absolute atomic E-state index is 0.0455. The molecule has 3 aromatic rings. The fraction of sp³-hybridized carbons (Fsp3) is 0.316. The minimum Gasteiger partial charge on any atom is -0.325 e. The van der Waals surface area contributed by atoms with E-state index in [4.69, 9.17) is 0 Å². The lowest BCUT2D eigenvalue weighted by Crippen LogP contribution is -2.22. The van der Waals surface area contributed by atoms with Gasteiger partial charge in [-0.3, -0.25) is 9.59 Å². The van der Waals surface area contributed by atoms with Crippen molar-refractivity contribution in [3.8, 4) is 0 Å². The molecule has 0 aliphatic heterocycles. The van der Waals surface area contributed by atoms with Crippen molar-refractivity contribution in [2.45, 2.75) is 45.0 Å². The van der Waals surface area contributed by atoms with Gasteiger partial charge in [-0.05, 0) is 52.3 Å². The zero-order valence-electron chi connectivity index (χ0n) is 15.9. The van der Waals surface area contributed by atoms with E-state index in [1.54, 1.807) is 35.7 Å². The van der Waals surface area contributed by atoms with E-state index in [1.807, 2.05) is 20.8 Å². The molecule has 1 amide bonds. The molecule has 0 aliphatic rings. The molecule has 0 spiro atoms. The van der Waals surface area contributed by atoms with Crippen LogP contribution >= 0.6 is 11.8 Å². The van der Waals surface area contributed by atoms with Crippen LogP contribution in [0.2, 0.25) is 0 Å². The Hall–Kier alpha value is -2.74. The number of hydrogen-bond acceptors (Lipinski definition) is 6. The van der Waals surface area contributed by atoms with E-state index in [0.717, 1.165) is 17.0 Å². The first kappa shape index (κ1) is 19.0. The van der Waals surface area contributed by atoms with Gasteiger partial charge < -0.3 is 5.32 Å². The Morgan fingerprint density at radius 1 is 1.19 bits per heavy atom. The van der Waals surface area contributed by atoms with Crippen molar-refractivity contribution in [3.63, 3.8) is 0 Å². The molecule has 1 N–H and O–H groups in total. The van der Waals surface area contributed by atoms with E-state index < -0.39 is 5.25 Å². The normalized spacial score (nSPS) is 12.2. The van der Waals surface area contributed by atoms with Gasteiger partial charge >= 0.3 is 0 Å². The van der Waals surface area contributed by atoms with Crippen LogP contribution in [0, 0.1) is 20.8 Å². The monoisotopic (exact) mass is 383 g/mol. The lowest BCUT2D eigenvalue weighted by Gasteiger charge is -2.10. The standard InChI is InChI=1S/C19H21N5O2S/c1-10-11(2)20-18-22-19(23-24(18)12(10)3)27-14(5)17(26)21-16-8-6-7-15(9-16)13(4)25/h6-9,14H,1-5H3,(H,21,26). The highest BCUT2D eigenvalue weighted by atomic mass is 32.2. The van der Waals surface area contributed by atoms with E-state index in [0.29, 0.717) is 22.2 Å². The molecule has 27 heavy (non-hydrogen) atoms. The molecule has 0 radical (unpaired) electrons. The molecular formula is C19H21N5O2S. The predicted molar refractivity (Wildman–Crippen MR) is 105 cm³/mol. The molecule has 1 unspecified atom stereocenters. The van der Waals surface area contributed by atoms with Crippen LogP contribution in [0.3, 0.4) is 0 Å². The summed E-state index contributed by atoms with van der Waals surface area (Å²) in [5, 5.41) is 7.38. The number of aryl methyl sites for hydroxylation is 2. The van der Waals surface area contributed by atoms with Crippen LogP contribution in [-0.4, -0.2) is 36.5 Å². The number of Topliss-reactive ketones (excluding diaryl/α,β-unsaturated/α-hetero) is 1. The summed E-state index contributed by atoms with van der Waals surface area (Å²) in [6, 6.07) is 6.88. The van der Waals surface area contributed by atoms with Crippen LogP contribution in [-0.2, 0) is 4.79 Å². The van der Waals surface area contributed by atoms with E-state index in [2.05, 4.69) is 20.4 Å². The molecule has 0 bridgehead atoms. The average Bonchev–Trinajstić information content (AvgIpc) is 3.02. The summed E-state index contributed by atoms with van der Waals surface area (Å²) in [6.07, 6.45) is 0. The molecular weight excluding hydrogens is 362 g/mol. The van der Waals surface area contributed by atoms with Gasteiger partial charge in [0, 0.05) is 22.6 Å². The molecule has 1 atom stereocenters. The number of thioether (sulfide) groups is 1. The van der Waals surface area contributed by atoms with Crippen LogP contribution in [0.4, 0.5) is 5.69 Å². The highest BCUT2D eigenvalue weighted by molar-refractivity contribution is 8.00. The van der Waals surface area contributed by atoms with Crippen molar-refractivity contribution in [1.82, 2.24) is 19.6 Å². The molecule has 0 aliphatic carbocycles. The van der Waals surface area contributed by atoms with Gasteiger partial charge in [0.15, 0.2) is 5.78 Å². The van der Waals surface area contributed by atoms with E-state index in [-0.39, 0.29) is 11.7 Å². The number of nitrogens with zero attached hydrogens (tertiary/aromatic N) is 4. The summed E-state index contributed by atoms with van der Waals surface area (Å²) < 4.78 is 1.70. The second-order valence-electron chi connectivity index (χ2n) is 6.40. The first-order chi connectivity index (χ1) is 12.8. The topological polar surface area (TPSA) is 89.2 Å². The SMILES string of the molecule is CC(=O)c1cccc(NC(=O)C(C)Sc2nc3nc(C)c(C)c(C)n3n2)c1. The van der Waals surface area contributed by atoms with Gasteiger partial charge in [0.05, 0.1) is 5.25 Å². The summed E-state index contributed by atoms with van der Waals surface area (Å²) in [5.41, 5.74) is 4.12. The van der Waals surface area contributed by atoms with Crippen molar-refractivity contribution in [2.75, 3.05) is 5.32 Å². The number of aromatic nitrogens is 4. The van der Waals surface area contributed by atoms with E-state index >= 15 is 0 Å². The van der Waals surface area contributed by atoms with Crippen LogP contribution in [0.1, 0.15) is 41.2 Å². The number of anilines is 1. The largest absolute Gasteiger partial charge is 0.325 e. The lowest BCUT2D eigenvalue weighted by molar-refractivity contribution is -0.115. The number of fused-ring (bicyclic) bond motifs is 1. The molecule has 0 saturated carbocycles. The summed E-state index contributed by atoms with van der Waals surface area (Å²) in [5.74, 6) is 0.298. The Labute approximate surface area is 161 Å². The molecule has 1 aromatic carbocycles. The highest BCUT2D eigenvalue weighted by Crippen LogP contribution is 2.23. The van der Waals surface area contributed by atoms with Crippen molar-refractivity contribution >= 4 is 34.9 Å². The summed E-state index contributed by atoms with van der Waals surface area (Å²) in [7, 11) is 0. The maximum atomic E-state index is 12.5. The fourth-order valence-electron chi connectivity index (χ4n) is 2.56. The van der Waals surface area contributed by atoms with Crippen LogP contribution in [0.15, 0.2) is 29.4 Å². The van der Waals surface area contributed by atoms with Gasteiger partial charge in [0.25, 0.3) is 5.78 Å². The highest BCUT2D eigenvalue weighted by Gasteiger charge is 2.19. The van der Waals surface area contributed by atoms with Gasteiger partial charge in [0.1, 0.15) is 0 Å². The number of rotatable bonds is 5. The predicted octanol–water partition coefficient (Wildman–Crippen LogP) is 3.37. The molecule has 140 valence electrons. The Balaban J connectivity index is 1.75. The van der Waals surface area contributed by atoms with E-state index in [1.165, 1.54) is 18.7 Å². The zero-order chi connectivity index (χ0) is 19.7. The van der Waals surface area contributed by atoms with Crippen LogP contribution in [0.25, 0.3) is 5.78 Å². The van der Waals surface area contributed by atoms with Gasteiger partial charge in [-0.2, -0.15) is 4.98 Å². The number of ketones is 1. The Morgan fingerprint density at radius 3 is 2.63 bits per heavy atom. The van der Waals surface area contributed by atoms with E-state index in [9.17, 15) is 9.59 Å². The lowest BCUT2D eigenvalue weighted by atomic mass is 10.1. The van der Waals surface area contributed by atoms with Crippen molar-refractivity contribution in [1.29, 1.82) is 0 Å². The summed E-state index contributed by atoms with van der Waals surface area (Å²) >= 11 is 1.27. The van der Waals surface area contributed by atoms with Gasteiger partial charge in [0.2, 0.25) is 11.1 Å². The first-order valence-corrected chi connectivity index (χ1v) is 9.43. The maximum Gasteiger partial charge on any atom is 0.253 e. The van der Waals surface area contributed by atoms with Crippen LogP contribution < -0.4 is 5.32 Å². The third kappa shape index (κ3) is 4.00. The number of carbonyl (C=O) groups excluding carboxylic acids is 2. The van der Waals surface area contributed by atoms with Gasteiger partial charge in [-0.1, -0.05) is 23.9 Å². The van der Waals surface area contributed by atoms with Gasteiger partial charge in [-0.25, -0.2) is 9.50 Å². The van der Waals surface area contributed by atoms with Crippen molar-refractivity contribution in [3.05, 3.63) is 46.8 Å².